The number of rotatable bonds is 4. The summed E-state index contributed by atoms with van der Waals surface area (Å²) in [5.41, 5.74) is 3.12. The third-order valence-corrected chi connectivity index (χ3v) is 4.59. The Hall–Kier alpha value is -3.48. The van der Waals surface area contributed by atoms with E-state index >= 15 is 0 Å². The Labute approximate surface area is 155 Å². The number of imidazole rings is 1. The molecule has 2 aromatic heterocycles. The third-order valence-electron chi connectivity index (χ3n) is 4.59. The minimum atomic E-state index is -0.323. The predicted octanol–water partition coefficient (Wildman–Crippen LogP) is 2.71. The zero-order chi connectivity index (χ0) is 19.0. The van der Waals surface area contributed by atoms with Gasteiger partial charge in [0, 0.05) is 6.54 Å². The Kier molecular flexibility index (Phi) is 4.19. The van der Waals surface area contributed by atoms with Gasteiger partial charge in [-0.05, 0) is 37.6 Å². The van der Waals surface area contributed by atoms with Crippen molar-refractivity contribution in [2.24, 2.45) is 0 Å². The number of hydrogen-bond donors (Lipinski definition) is 1. The number of para-hydroxylation sites is 3. The molecule has 0 saturated heterocycles. The van der Waals surface area contributed by atoms with Crippen LogP contribution in [-0.4, -0.2) is 25.0 Å². The van der Waals surface area contributed by atoms with E-state index in [0.717, 1.165) is 16.6 Å². The number of aryl methyl sites for hydroxylation is 2. The molecule has 27 heavy (non-hydrogen) atoms. The molecule has 4 rings (SSSR count). The topological polar surface area (TPSA) is 81.8 Å². The van der Waals surface area contributed by atoms with Crippen molar-refractivity contribution < 1.29 is 4.79 Å². The molecule has 0 aliphatic heterocycles. The molecule has 0 atom stereocenters. The van der Waals surface area contributed by atoms with E-state index in [1.54, 1.807) is 6.07 Å². The summed E-state index contributed by atoms with van der Waals surface area (Å²) in [6.07, 6.45) is 1.42. The molecule has 2 aromatic carbocycles. The minimum Gasteiger partial charge on any atom is -0.310 e. The summed E-state index contributed by atoms with van der Waals surface area (Å²) >= 11 is 0. The van der Waals surface area contributed by atoms with Gasteiger partial charge in [0.15, 0.2) is 0 Å². The number of nitrogens with one attached hydrogen (secondary N) is 1. The summed E-state index contributed by atoms with van der Waals surface area (Å²) in [5.74, 6) is 0.150. The van der Waals surface area contributed by atoms with Gasteiger partial charge in [0.25, 0.3) is 5.56 Å². The summed E-state index contributed by atoms with van der Waals surface area (Å²) in [6.45, 7) is 4.44. The van der Waals surface area contributed by atoms with Gasteiger partial charge in [0.2, 0.25) is 11.9 Å². The smallest absolute Gasteiger partial charge is 0.261 e. The number of benzene rings is 2. The van der Waals surface area contributed by atoms with Gasteiger partial charge in [-0.2, -0.15) is 0 Å². The fourth-order valence-corrected chi connectivity index (χ4v) is 3.26. The Morgan fingerprint density at radius 2 is 1.96 bits per heavy atom. The molecule has 0 aliphatic carbocycles. The van der Waals surface area contributed by atoms with Gasteiger partial charge in [-0.25, -0.2) is 9.97 Å². The van der Waals surface area contributed by atoms with Crippen LogP contribution in [0, 0.1) is 6.92 Å². The lowest BCUT2D eigenvalue weighted by atomic mass is 10.1. The molecule has 7 nitrogen and oxygen atoms in total. The van der Waals surface area contributed by atoms with Crippen LogP contribution in [0.1, 0.15) is 12.5 Å². The van der Waals surface area contributed by atoms with E-state index in [0.29, 0.717) is 23.4 Å². The van der Waals surface area contributed by atoms with E-state index in [2.05, 4.69) is 15.3 Å². The molecule has 1 N–H and O–H groups in total. The molecule has 0 spiro atoms. The van der Waals surface area contributed by atoms with Crippen molar-refractivity contribution in [1.29, 1.82) is 0 Å². The molecule has 2 heterocycles. The lowest BCUT2D eigenvalue weighted by Gasteiger charge is -2.09. The predicted molar refractivity (Wildman–Crippen MR) is 105 cm³/mol. The minimum absolute atomic E-state index is 0.122. The molecule has 0 aliphatic rings. The molecule has 136 valence electrons. The Morgan fingerprint density at radius 1 is 1.15 bits per heavy atom. The number of fused-ring (bicyclic) bond motifs is 2. The van der Waals surface area contributed by atoms with E-state index in [4.69, 9.17) is 0 Å². The van der Waals surface area contributed by atoms with E-state index in [1.165, 1.54) is 10.9 Å². The highest BCUT2D eigenvalue weighted by atomic mass is 16.2. The molecule has 1 amide bonds. The largest absolute Gasteiger partial charge is 0.310 e. The van der Waals surface area contributed by atoms with Crippen molar-refractivity contribution in [3.05, 3.63) is 64.7 Å². The van der Waals surface area contributed by atoms with Gasteiger partial charge in [-0.15, -0.1) is 0 Å². The molecule has 0 saturated carbocycles. The molecule has 4 aromatic rings. The summed E-state index contributed by atoms with van der Waals surface area (Å²) in [7, 11) is 0. The number of carbonyl (C=O) groups excluding carboxylic acids is 1. The van der Waals surface area contributed by atoms with Crippen molar-refractivity contribution in [3.8, 4) is 0 Å². The fraction of sp³-hybridized carbons (Fsp3) is 0.200. The van der Waals surface area contributed by atoms with Crippen molar-refractivity contribution in [1.82, 2.24) is 19.1 Å². The molecule has 7 heteroatoms. The van der Waals surface area contributed by atoms with Gasteiger partial charge < -0.3 is 4.57 Å². The summed E-state index contributed by atoms with van der Waals surface area (Å²) in [5, 5.41) is 3.32. The number of amides is 1. The molecule has 0 radical (unpaired) electrons. The third kappa shape index (κ3) is 2.97. The highest BCUT2D eigenvalue weighted by Crippen LogP contribution is 2.19. The first kappa shape index (κ1) is 17.0. The van der Waals surface area contributed by atoms with Crippen LogP contribution in [0.3, 0.4) is 0 Å². The summed E-state index contributed by atoms with van der Waals surface area (Å²) in [4.78, 5) is 34.0. The average molecular weight is 361 g/mol. The zero-order valence-electron chi connectivity index (χ0n) is 15.1. The SMILES string of the molecule is CCn1c(NC(=O)Cn2cnc3c(C)cccc3c2=O)nc2ccccc21. The number of hydrogen-bond acceptors (Lipinski definition) is 4. The normalized spacial score (nSPS) is 11.2. The van der Waals surface area contributed by atoms with Crippen molar-refractivity contribution in [2.75, 3.05) is 5.32 Å². The fourth-order valence-electron chi connectivity index (χ4n) is 3.26. The van der Waals surface area contributed by atoms with Crippen LogP contribution in [0.2, 0.25) is 0 Å². The standard InChI is InChI=1S/C20H19N5O2/c1-3-25-16-10-5-4-9-15(16)22-20(25)23-17(26)11-24-12-21-18-13(2)7-6-8-14(18)19(24)27/h4-10,12H,3,11H2,1-2H3,(H,22,23,26). The van der Waals surface area contributed by atoms with Gasteiger partial charge in [-0.3, -0.25) is 19.5 Å². The number of carbonyl (C=O) groups is 1. The molecule has 0 bridgehead atoms. The lowest BCUT2D eigenvalue weighted by Crippen LogP contribution is -2.28. The maximum Gasteiger partial charge on any atom is 0.261 e. The van der Waals surface area contributed by atoms with E-state index in [1.807, 2.05) is 54.8 Å². The van der Waals surface area contributed by atoms with Crippen LogP contribution in [0.25, 0.3) is 21.9 Å². The van der Waals surface area contributed by atoms with Crippen LogP contribution in [-0.2, 0) is 17.9 Å². The number of anilines is 1. The molecular weight excluding hydrogens is 342 g/mol. The van der Waals surface area contributed by atoms with Crippen molar-refractivity contribution >= 4 is 33.8 Å². The van der Waals surface area contributed by atoms with Crippen LogP contribution < -0.4 is 10.9 Å². The van der Waals surface area contributed by atoms with Crippen molar-refractivity contribution in [2.45, 2.75) is 26.9 Å². The first-order chi connectivity index (χ1) is 13.1. The maximum atomic E-state index is 12.7. The van der Waals surface area contributed by atoms with Gasteiger partial charge in [0.1, 0.15) is 6.54 Å². The van der Waals surface area contributed by atoms with E-state index in [9.17, 15) is 9.59 Å². The average Bonchev–Trinajstić information content (AvgIpc) is 3.01. The molecule has 0 fully saturated rings. The summed E-state index contributed by atoms with van der Waals surface area (Å²) in [6, 6.07) is 13.1. The molecule has 0 unspecified atom stereocenters. The molecular formula is C20H19N5O2. The monoisotopic (exact) mass is 361 g/mol. The quantitative estimate of drug-likeness (QED) is 0.606. The van der Waals surface area contributed by atoms with E-state index < -0.39 is 0 Å². The van der Waals surface area contributed by atoms with Crippen LogP contribution in [0.15, 0.2) is 53.6 Å². The number of aromatic nitrogens is 4. The Balaban J connectivity index is 1.63. The van der Waals surface area contributed by atoms with Crippen LogP contribution in [0.5, 0.6) is 0 Å². The highest BCUT2D eigenvalue weighted by Gasteiger charge is 2.14. The van der Waals surface area contributed by atoms with E-state index in [-0.39, 0.29) is 18.0 Å². The zero-order valence-corrected chi connectivity index (χ0v) is 15.1. The maximum absolute atomic E-state index is 12.7. The first-order valence-electron chi connectivity index (χ1n) is 8.78. The van der Waals surface area contributed by atoms with Crippen molar-refractivity contribution in [3.63, 3.8) is 0 Å². The first-order valence-corrected chi connectivity index (χ1v) is 8.78. The number of nitrogens with zero attached hydrogens (tertiary/aromatic N) is 4. The lowest BCUT2D eigenvalue weighted by molar-refractivity contribution is -0.116. The van der Waals surface area contributed by atoms with Gasteiger partial charge >= 0.3 is 0 Å². The second-order valence-corrected chi connectivity index (χ2v) is 6.37. The second-order valence-electron chi connectivity index (χ2n) is 6.37. The Morgan fingerprint density at radius 3 is 2.78 bits per heavy atom. The van der Waals surface area contributed by atoms with Crippen LogP contribution in [0.4, 0.5) is 5.95 Å². The second kappa shape index (κ2) is 6.68. The van der Waals surface area contributed by atoms with Gasteiger partial charge in [0.05, 0.1) is 28.3 Å². The summed E-state index contributed by atoms with van der Waals surface area (Å²) < 4.78 is 3.24. The highest BCUT2D eigenvalue weighted by molar-refractivity contribution is 5.91. The Bertz CT molecular complexity index is 1220. The van der Waals surface area contributed by atoms with Crippen LogP contribution >= 0.6 is 0 Å². The van der Waals surface area contributed by atoms with Gasteiger partial charge in [-0.1, -0.05) is 24.3 Å².